The Morgan fingerprint density at radius 3 is 2.53 bits per heavy atom. The highest BCUT2D eigenvalue weighted by atomic mass is 16.2. The third-order valence-corrected chi connectivity index (χ3v) is 7.16. The molecule has 30 heavy (non-hydrogen) atoms. The molecule has 1 N–H and O–H groups in total. The number of piperidine rings is 2. The van der Waals surface area contributed by atoms with Gasteiger partial charge in [0.1, 0.15) is 5.82 Å². The summed E-state index contributed by atoms with van der Waals surface area (Å²) in [7, 11) is 0. The molecule has 1 aromatic heterocycles. The van der Waals surface area contributed by atoms with Gasteiger partial charge in [-0.3, -0.25) is 9.59 Å². The Morgan fingerprint density at radius 2 is 1.80 bits per heavy atom. The number of hydrogen-bond acceptors (Lipinski definition) is 4. The normalized spacial score (nSPS) is 21.1. The largest absolute Gasteiger partial charge is 0.343 e. The fourth-order valence-electron chi connectivity index (χ4n) is 5.30. The van der Waals surface area contributed by atoms with Crippen molar-refractivity contribution in [2.45, 2.75) is 44.7 Å². The van der Waals surface area contributed by atoms with Crippen LogP contribution in [-0.2, 0) is 21.7 Å². The lowest BCUT2D eigenvalue weighted by atomic mass is 9.85. The molecule has 7 nitrogen and oxygen atoms in total. The Labute approximate surface area is 177 Å². The molecule has 3 aliphatic heterocycles. The van der Waals surface area contributed by atoms with E-state index < -0.39 is 0 Å². The number of hydrogen-bond donors (Lipinski definition) is 1. The van der Waals surface area contributed by atoms with E-state index >= 15 is 0 Å². The van der Waals surface area contributed by atoms with Crippen LogP contribution in [0.1, 0.15) is 44.0 Å². The van der Waals surface area contributed by atoms with Crippen LogP contribution >= 0.6 is 0 Å². The van der Waals surface area contributed by atoms with Gasteiger partial charge < -0.3 is 19.7 Å². The van der Waals surface area contributed by atoms with Crippen molar-refractivity contribution in [3.63, 3.8) is 0 Å². The molecular weight excluding hydrogens is 378 g/mol. The molecule has 0 atom stereocenters. The number of carbonyl (C=O) groups is 2. The monoisotopic (exact) mass is 407 g/mol. The molecule has 2 fully saturated rings. The van der Waals surface area contributed by atoms with E-state index in [1.165, 1.54) is 11.3 Å². The van der Waals surface area contributed by atoms with Crippen LogP contribution in [-0.4, -0.2) is 57.3 Å². The lowest BCUT2D eigenvalue weighted by molar-refractivity contribution is -0.141. The maximum Gasteiger partial charge on any atom is 0.225 e. The van der Waals surface area contributed by atoms with Crippen LogP contribution in [0.2, 0.25) is 0 Å². The number of amides is 2. The number of aromatic nitrogens is 2. The van der Waals surface area contributed by atoms with E-state index in [1.54, 1.807) is 6.92 Å². The Morgan fingerprint density at radius 1 is 1.07 bits per heavy atom. The van der Waals surface area contributed by atoms with E-state index in [4.69, 9.17) is 4.98 Å². The summed E-state index contributed by atoms with van der Waals surface area (Å²) in [5, 5.41) is 3.79. The summed E-state index contributed by atoms with van der Waals surface area (Å²) in [4.78, 5) is 33.3. The van der Waals surface area contributed by atoms with Crippen LogP contribution in [0.3, 0.4) is 0 Å². The summed E-state index contributed by atoms with van der Waals surface area (Å²) >= 11 is 0. The fraction of sp³-hybridized carbons (Fsp3) is 0.522. The second-order valence-corrected chi connectivity index (χ2v) is 8.79. The lowest BCUT2D eigenvalue weighted by Crippen LogP contribution is -2.54. The number of nitrogens with zero attached hydrogens (tertiary/aromatic N) is 4. The van der Waals surface area contributed by atoms with Gasteiger partial charge in [-0.25, -0.2) is 4.98 Å². The standard InChI is InChI=1S/C23H29N5O2/c1-17(29)26-11-6-18(7-12-26)21(30)27-13-8-23(9-14-27)22-24-10-15-28(22)20-5-3-2-4-19(20)16-25-23/h2-5,10,15,18,25H,6-9,11-14,16H2,1H3. The van der Waals surface area contributed by atoms with Crippen molar-refractivity contribution in [2.75, 3.05) is 26.2 Å². The van der Waals surface area contributed by atoms with Crippen molar-refractivity contribution in [3.05, 3.63) is 48.0 Å². The molecule has 0 radical (unpaired) electrons. The summed E-state index contributed by atoms with van der Waals surface area (Å²) in [5.74, 6) is 1.46. The Balaban J connectivity index is 1.29. The van der Waals surface area contributed by atoms with Crippen molar-refractivity contribution in [1.82, 2.24) is 24.7 Å². The first-order valence-electron chi connectivity index (χ1n) is 11.0. The van der Waals surface area contributed by atoms with Crippen LogP contribution in [0.4, 0.5) is 0 Å². The third-order valence-electron chi connectivity index (χ3n) is 7.16. The van der Waals surface area contributed by atoms with E-state index in [0.29, 0.717) is 13.1 Å². The maximum atomic E-state index is 13.1. The van der Waals surface area contributed by atoms with Gasteiger partial charge >= 0.3 is 0 Å². The molecule has 4 heterocycles. The smallest absolute Gasteiger partial charge is 0.225 e. The topological polar surface area (TPSA) is 70.5 Å². The minimum Gasteiger partial charge on any atom is -0.343 e. The zero-order chi connectivity index (χ0) is 20.7. The minimum atomic E-state index is -0.211. The molecule has 1 spiro atoms. The highest BCUT2D eigenvalue weighted by Gasteiger charge is 2.43. The van der Waals surface area contributed by atoms with Crippen molar-refractivity contribution in [2.24, 2.45) is 5.92 Å². The van der Waals surface area contributed by atoms with Crippen molar-refractivity contribution >= 4 is 11.8 Å². The average Bonchev–Trinajstić information content (AvgIpc) is 3.24. The molecule has 0 aliphatic carbocycles. The SMILES string of the molecule is CC(=O)N1CCC(C(=O)N2CCC3(CC2)NCc2ccccc2-n2ccnc23)CC1. The molecule has 2 saturated heterocycles. The Bertz CT molecular complexity index is 952. The summed E-state index contributed by atoms with van der Waals surface area (Å²) < 4.78 is 2.21. The molecular formula is C23H29N5O2. The molecule has 158 valence electrons. The van der Waals surface area contributed by atoms with E-state index in [2.05, 4.69) is 34.1 Å². The first-order valence-corrected chi connectivity index (χ1v) is 11.0. The average molecular weight is 408 g/mol. The zero-order valence-corrected chi connectivity index (χ0v) is 17.5. The Kier molecular flexibility index (Phi) is 4.85. The van der Waals surface area contributed by atoms with Crippen molar-refractivity contribution in [3.8, 4) is 5.69 Å². The second kappa shape index (κ2) is 7.54. The molecule has 1 aromatic carbocycles. The molecule has 0 unspecified atom stereocenters. The highest BCUT2D eigenvalue weighted by Crippen LogP contribution is 2.37. The van der Waals surface area contributed by atoms with Crippen LogP contribution in [0.5, 0.6) is 0 Å². The van der Waals surface area contributed by atoms with Gasteiger partial charge in [0.15, 0.2) is 0 Å². The Hall–Kier alpha value is -2.67. The zero-order valence-electron chi connectivity index (χ0n) is 17.5. The molecule has 5 rings (SSSR count). The predicted octanol–water partition coefficient (Wildman–Crippen LogP) is 2.05. The predicted molar refractivity (Wildman–Crippen MR) is 113 cm³/mol. The summed E-state index contributed by atoms with van der Waals surface area (Å²) in [5.41, 5.74) is 2.24. The van der Waals surface area contributed by atoms with Crippen LogP contribution in [0.15, 0.2) is 36.7 Å². The minimum absolute atomic E-state index is 0.0444. The molecule has 0 bridgehead atoms. The number of nitrogens with one attached hydrogen (secondary N) is 1. The van der Waals surface area contributed by atoms with Gasteiger partial charge in [0, 0.05) is 58.0 Å². The van der Waals surface area contributed by atoms with Gasteiger partial charge in [-0.15, -0.1) is 0 Å². The van der Waals surface area contributed by atoms with E-state index in [1.807, 2.05) is 22.2 Å². The number of likely N-dealkylation sites (tertiary alicyclic amines) is 2. The number of rotatable bonds is 1. The molecule has 3 aliphatic rings. The number of benzene rings is 1. The van der Waals surface area contributed by atoms with Gasteiger partial charge in [0.2, 0.25) is 11.8 Å². The third kappa shape index (κ3) is 3.21. The summed E-state index contributed by atoms with van der Waals surface area (Å²) in [6.07, 6.45) is 7.19. The number of imidazole rings is 1. The number of carbonyl (C=O) groups excluding carboxylic acids is 2. The van der Waals surface area contributed by atoms with Crippen molar-refractivity contribution in [1.29, 1.82) is 0 Å². The van der Waals surface area contributed by atoms with Crippen molar-refractivity contribution < 1.29 is 9.59 Å². The quantitative estimate of drug-likeness (QED) is 0.786. The maximum absolute atomic E-state index is 13.1. The van der Waals surface area contributed by atoms with Gasteiger partial charge in [0.25, 0.3) is 0 Å². The van der Waals surface area contributed by atoms with E-state index in [-0.39, 0.29) is 23.3 Å². The van der Waals surface area contributed by atoms with Gasteiger partial charge in [-0.05, 0) is 37.3 Å². The van der Waals surface area contributed by atoms with E-state index in [0.717, 1.165) is 51.1 Å². The van der Waals surface area contributed by atoms with Gasteiger partial charge in [0.05, 0.1) is 11.2 Å². The fourth-order valence-corrected chi connectivity index (χ4v) is 5.30. The van der Waals surface area contributed by atoms with Gasteiger partial charge in [-0.1, -0.05) is 18.2 Å². The molecule has 2 amide bonds. The first kappa shape index (κ1) is 19.3. The van der Waals surface area contributed by atoms with E-state index in [9.17, 15) is 9.59 Å². The molecule has 7 heteroatoms. The lowest BCUT2D eigenvalue weighted by Gasteiger charge is -2.43. The second-order valence-electron chi connectivity index (χ2n) is 8.79. The van der Waals surface area contributed by atoms with Gasteiger partial charge in [-0.2, -0.15) is 0 Å². The molecule has 2 aromatic rings. The first-order chi connectivity index (χ1) is 14.6. The van der Waals surface area contributed by atoms with Crippen LogP contribution in [0.25, 0.3) is 5.69 Å². The molecule has 0 saturated carbocycles. The van der Waals surface area contributed by atoms with Crippen LogP contribution < -0.4 is 5.32 Å². The highest BCUT2D eigenvalue weighted by molar-refractivity contribution is 5.80. The number of fused-ring (bicyclic) bond motifs is 4. The number of para-hydroxylation sites is 1. The summed E-state index contributed by atoms with van der Waals surface area (Å²) in [6, 6.07) is 8.46. The van der Waals surface area contributed by atoms with Crippen LogP contribution in [0, 0.1) is 5.92 Å². The summed E-state index contributed by atoms with van der Waals surface area (Å²) in [6.45, 7) is 5.27.